The fraction of sp³-hybridized carbons (Fsp3) is 0.231. The number of hydrogen-bond acceptors (Lipinski definition) is 4. The van der Waals surface area contributed by atoms with Gasteiger partial charge >= 0.3 is 0 Å². The molecule has 0 saturated carbocycles. The molecule has 0 atom stereocenters. The summed E-state index contributed by atoms with van der Waals surface area (Å²) in [6.07, 6.45) is 0. The summed E-state index contributed by atoms with van der Waals surface area (Å²) in [5.74, 6) is -0.146. The maximum Gasteiger partial charge on any atom is 0.255 e. The van der Waals surface area contributed by atoms with Gasteiger partial charge in [0.15, 0.2) is 0 Å². The van der Waals surface area contributed by atoms with E-state index in [0.717, 1.165) is 5.56 Å². The summed E-state index contributed by atoms with van der Waals surface area (Å²) in [4.78, 5) is 27.6. The zero-order chi connectivity index (χ0) is 23.2. The Morgan fingerprint density at radius 1 is 1.03 bits per heavy atom. The minimum Gasteiger partial charge on any atom is -0.489 e. The van der Waals surface area contributed by atoms with Gasteiger partial charge < -0.3 is 19.7 Å². The van der Waals surface area contributed by atoms with Crippen LogP contribution in [0.3, 0.4) is 0 Å². The quantitative estimate of drug-likeness (QED) is 0.606. The van der Waals surface area contributed by atoms with Crippen molar-refractivity contribution in [3.05, 3.63) is 94.8 Å². The minimum absolute atomic E-state index is 0.0666. The number of ether oxygens (including phenoxy) is 2. The van der Waals surface area contributed by atoms with Gasteiger partial charge in [0.2, 0.25) is 0 Å². The molecular formula is C26H25FN2O4. The number of morpholine rings is 1. The van der Waals surface area contributed by atoms with Gasteiger partial charge in [0.05, 0.1) is 13.2 Å². The zero-order valence-corrected chi connectivity index (χ0v) is 18.3. The first kappa shape index (κ1) is 22.5. The van der Waals surface area contributed by atoms with E-state index in [4.69, 9.17) is 9.47 Å². The van der Waals surface area contributed by atoms with E-state index in [2.05, 4.69) is 5.32 Å². The molecule has 0 unspecified atom stereocenters. The highest BCUT2D eigenvalue weighted by Gasteiger charge is 2.21. The zero-order valence-electron chi connectivity index (χ0n) is 18.3. The van der Waals surface area contributed by atoms with Crippen LogP contribution in [0, 0.1) is 12.7 Å². The maximum absolute atomic E-state index is 13.1. The Morgan fingerprint density at radius 3 is 2.52 bits per heavy atom. The van der Waals surface area contributed by atoms with E-state index in [9.17, 15) is 14.0 Å². The Labute approximate surface area is 191 Å². The number of hydrogen-bond donors (Lipinski definition) is 1. The van der Waals surface area contributed by atoms with Crippen molar-refractivity contribution in [1.29, 1.82) is 0 Å². The Hall–Kier alpha value is -3.71. The third kappa shape index (κ3) is 5.56. The average Bonchev–Trinajstić information content (AvgIpc) is 2.85. The first-order valence-electron chi connectivity index (χ1n) is 10.8. The fourth-order valence-corrected chi connectivity index (χ4v) is 3.61. The second-order valence-corrected chi connectivity index (χ2v) is 7.78. The molecule has 2 amide bonds. The average molecular weight is 448 g/mol. The van der Waals surface area contributed by atoms with E-state index in [1.165, 1.54) is 12.1 Å². The van der Waals surface area contributed by atoms with E-state index in [0.29, 0.717) is 54.4 Å². The number of rotatable bonds is 6. The van der Waals surface area contributed by atoms with Gasteiger partial charge in [0.1, 0.15) is 18.2 Å². The van der Waals surface area contributed by atoms with Crippen molar-refractivity contribution in [1.82, 2.24) is 4.90 Å². The SMILES string of the molecule is Cc1c(NC(=O)c2cccc(OCc3ccc(F)cc3)c2)cccc1C(=O)N1CCOCC1. The molecule has 1 aliphatic rings. The lowest BCUT2D eigenvalue weighted by Gasteiger charge is -2.27. The summed E-state index contributed by atoms with van der Waals surface area (Å²) in [7, 11) is 0. The predicted molar refractivity (Wildman–Crippen MR) is 123 cm³/mol. The second-order valence-electron chi connectivity index (χ2n) is 7.78. The predicted octanol–water partition coefficient (Wildman–Crippen LogP) is 4.44. The summed E-state index contributed by atoms with van der Waals surface area (Å²) in [6, 6.07) is 18.2. The molecule has 4 rings (SSSR count). The number of nitrogens with one attached hydrogen (secondary N) is 1. The molecule has 3 aromatic rings. The molecule has 0 aromatic heterocycles. The second kappa shape index (κ2) is 10.3. The van der Waals surface area contributed by atoms with Crippen LogP contribution < -0.4 is 10.1 Å². The molecule has 0 radical (unpaired) electrons. The molecule has 1 heterocycles. The molecule has 7 heteroatoms. The van der Waals surface area contributed by atoms with E-state index >= 15 is 0 Å². The van der Waals surface area contributed by atoms with Gasteiger partial charge in [-0.05, 0) is 60.5 Å². The van der Waals surface area contributed by atoms with Gasteiger partial charge in [-0.15, -0.1) is 0 Å². The Morgan fingerprint density at radius 2 is 1.76 bits per heavy atom. The third-order valence-corrected chi connectivity index (χ3v) is 5.53. The van der Waals surface area contributed by atoms with E-state index < -0.39 is 0 Å². The Bertz CT molecular complexity index is 1140. The van der Waals surface area contributed by atoms with E-state index in [1.807, 2.05) is 6.92 Å². The molecule has 6 nitrogen and oxygen atoms in total. The summed E-state index contributed by atoms with van der Waals surface area (Å²) in [5.41, 5.74) is 3.11. The van der Waals surface area contributed by atoms with E-state index in [1.54, 1.807) is 59.5 Å². The van der Waals surface area contributed by atoms with Gasteiger partial charge in [-0.2, -0.15) is 0 Å². The van der Waals surface area contributed by atoms with Gasteiger partial charge in [-0.25, -0.2) is 4.39 Å². The highest BCUT2D eigenvalue weighted by molar-refractivity contribution is 6.06. The summed E-state index contributed by atoms with van der Waals surface area (Å²) >= 11 is 0. The molecule has 0 spiro atoms. The number of carbonyl (C=O) groups is 2. The van der Waals surface area contributed by atoms with Gasteiger partial charge in [0.25, 0.3) is 11.8 Å². The molecule has 1 fully saturated rings. The molecule has 3 aromatic carbocycles. The van der Waals surface area contributed by atoms with Crippen LogP contribution in [0.2, 0.25) is 0 Å². The Balaban J connectivity index is 1.44. The number of carbonyl (C=O) groups excluding carboxylic acids is 2. The lowest BCUT2D eigenvalue weighted by Crippen LogP contribution is -2.41. The molecule has 170 valence electrons. The minimum atomic E-state index is -0.304. The van der Waals surface area contributed by atoms with Gasteiger partial charge in [-0.1, -0.05) is 24.3 Å². The molecule has 1 saturated heterocycles. The normalized spacial score (nSPS) is 13.5. The van der Waals surface area contributed by atoms with Crippen molar-refractivity contribution < 1.29 is 23.5 Å². The van der Waals surface area contributed by atoms with Crippen LogP contribution >= 0.6 is 0 Å². The van der Waals surface area contributed by atoms with Crippen molar-refractivity contribution in [3.8, 4) is 5.75 Å². The van der Waals surface area contributed by atoms with Crippen LogP contribution in [-0.2, 0) is 11.3 Å². The van der Waals surface area contributed by atoms with Crippen LogP contribution in [0.25, 0.3) is 0 Å². The standard InChI is InChI=1S/C26H25FN2O4/c1-18-23(26(31)29-12-14-32-15-13-29)6-3-7-24(18)28-25(30)20-4-2-5-22(16-20)33-17-19-8-10-21(27)11-9-19/h2-11,16H,12-15,17H2,1H3,(H,28,30). The van der Waals surface area contributed by atoms with Crippen molar-refractivity contribution >= 4 is 17.5 Å². The lowest BCUT2D eigenvalue weighted by molar-refractivity contribution is 0.0302. The van der Waals surface area contributed by atoms with Crippen LogP contribution in [-0.4, -0.2) is 43.0 Å². The van der Waals surface area contributed by atoms with Gasteiger partial charge in [-0.3, -0.25) is 9.59 Å². The van der Waals surface area contributed by atoms with Crippen LogP contribution in [0.5, 0.6) is 5.75 Å². The maximum atomic E-state index is 13.1. The third-order valence-electron chi connectivity index (χ3n) is 5.53. The van der Waals surface area contributed by atoms with Crippen molar-refractivity contribution in [2.75, 3.05) is 31.6 Å². The molecule has 0 aliphatic carbocycles. The summed E-state index contributed by atoms with van der Waals surface area (Å²) in [6.45, 7) is 4.25. The van der Waals surface area contributed by atoms with Crippen molar-refractivity contribution in [2.24, 2.45) is 0 Å². The molecule has 33 heavy (non-hydrogen) atoms. The summed E-state index contributed by atoms with van der Waals surface area (Å²) < 4.78 is 24.1. The van der Waals surface area contributed by atoms with Crippen molar-refractivity contribution in [2.45, 2.75) is 13.5 Å². The van der Waals surface area contributed by atoms with Crippen molar-refractivity contribution in [3.63, 3.8) is 0 Å². The van der Waals surface area contributed by atoms with Crippen LogP contribution in [0.15, 0.2) is 66.7 Å². The van der Waals surface area contributed by atoms with E-state index in [-0.39, 0.29) is 24.2 Å². The highest BCUT2D eigenvalue weighted by atomic mass is 19.1. The topological polar surface area (TPSA) is 67.9 Å². The Kier molecular flexibility index (Phi) is 7.00. The fourth-order valence-electron chi connectivity index (χ4n) is 3.61. The first-order valence-corrected chi connectivity index (χ1v) is 10.8. The monoisotopic (exact) mass is 448 g/mol. The number of amides is 2. The number of nitrogens with zero attached hydrogens (tertiary/aromatic N) is 1. The smallest absolute Gasteiger partial charge is 0.255 e. The molecule has 0 bridgehead atoms. The highest BCUT2D eigenvalue weighted by Crippen LogP contribution is 2.23. The van der Waals surface area contributed by atoms with Crippen LogP contribution in [0.4, 0.5) is 10.1 Å². The van der Waals surface area contributed by atoms with Gasteiger partial charge in [0, 0.05) is 29.9 Å². The molecule has 1 aliphatic heterocycles. The number of anilines is 1. The number of halogens is 1. The molecular weight excluding hydrogens is 423 g/mol. The lowest BCUT2D eigenvalue weighted by atomic mass is 10.0. The van der Waals surface area contributed by atoms with Crippen LogP contribution in [0.1, 0.15) is 31.8 Å². The first-order chi connectivity index (χ1) is 16.0. The number of benzene rings is 3. The largest absolute Gasteiger partial charge is 0.489 e. The summed E-state index contributed by atoms with van der Waals surface area (Å²) in [5, 5.41) is 2.90. The molecule has 1 N–H and O–H groups in total.